The standard InChI is InChI=1S/C23H21F3N6O/c1-12(33)19-21-16(10-17(28-19)23(24,25)26)20(29-30-21)15-8-4-7-14(9-15)18(13-5-3-6-13)22-31-27-11-32(22)2/h4,7-11,13,18H,3,5-6H2,1-2H3,(H,29,30)/t18-/m1/s1. The van der Waals surface area contributed by atoms with Crippen molar-refractivity contribution in [1.82, 2.24) is 29.9 Å². The molecule has 0 amide bonds. The van der Waals surface area contributed by atoms with Gasteiger partial charge in [-0.2, -0.15) is 18.3 Å². The van der Waals surface area contributed by atoms with Crippen molar-refractivity contribution in [3.05, 3.63) is 59.4 Å². The maximum Gasteiger partial charge on any atom is 0.433 e. The fourth-order valence-corrected chi connectivity index (χ4v) is 4.50. The summed E-state index contributed by atoms with van der Waals surface area (Å²) in [7, 11) is 1.90. The van der Waals surface area contributed by atoms with Crippen LogP contribution in [-0.4, -0.2) is 35.7 Å². The quantitative estimate of drug-likeness (QED) is 0.433. The van der Waals surface area contributed by atoms with Crippen molar-refractivity contribution in [3.8, 4) is 11.3 Å². The molecule has 1 fully saturated rings. The first kappa shape index (κ1) is 21.3. The molecule has 3 heterocycles. The molecular weight excluding hydrogens is 433 g/mol. The highest BCUT2D eigenvalue weighted by molar-refractivity contribution is 6.07. The van der Waals surface area contributed by atoms with Crippen molar-refractivity contribution in [2.45, 2.75) is 38.3 Å². The lowest BCUT2D eigenvalue weighted by Gasteiger charge is -2.33. The van der Waals surface area contributed by atoms with Crippen LogP contribution in [0.5, 0.6) is 0 Å². The summed E-state index contributed by atoms with van der Waals surface area (Å²) in [4.78, 5) is 15.6. The molecule has 4 aromatic rings. The van der Waals surface area contributed by atoms with Gasteiger partial charge < -0.3 is 4.57 Å². The lowest BCUT2D eigenvalue weighted by molar-refractivity contribution is -0.141. The zero-order chi connectivity index (χ0) is 23.3. The monoisotopic (exact) mass is 454 g/mol. The predicted molar refractivity (Wildman–Crippen MR) is 115 cm³/mol. The molecule has 1 N–H and O–H groups in total. The fourth-order valence-electron chi connectivity index (χ4n) is 4.50. The number of aromatic amines is 1. The molecule has 0 radical (unpaired) electrons. The van der Waals surface area contributed by atoms with E-state index in [1.165, 1.54) is 6.92 Å². The maximum absolute atomic E-state index is 13.5. The first-order chi connectivity index (χ1) is 15.7. The molecule has 33 heavy (non-hydrogen) atoms. The summed E-state index contributed by atoms with van der Waals surface area (Å²) in [6.45, 7) is 1.19. The first-order valence-corrected chi connectivity index (χ1v) is 10.7. The topological polar surface area (TPSA) is 89.3 Å². The van der Waals surface area contributed by atoms with Gasteiger partial charge in [0.05, 0.1) is 5.52 Å². The number of nitrogens with one attached hydrogen (secondary N) is 1. The Kier molecular flexibility index (Phi) is 5.02. The average Bonchev–Trinajstić information content (AvgIpc) is 3.35. The molecule has 1 atom stereocenters. The van der Waals surface area contributed by atoms with E-state index in [0.717, 1.165) is 36.7 Å². The van der Waals surface area contributed by atoms with Crippen LogP contribution in [0.2, 0.25) is 0 Å². The third-order valence-corrected chi connectivity index (χ3v) is 6.34. The van der Waals surface area contributed by atoms with Gasteiger partial charge in [-0.15, -0.1) is 10.2 Å². The van der Waals surface area contributed by atoms with E-state index in [4.69, 9.17) is 0 Å². The molecule has 1 saturated carbocycles. The van der Waals surface area contributed by atoms with Crippen molar-refractivity contribution in [1.29, 1.82) is 0 Å². The van der Waals surface area contributed by atoms with E-state index in [0.29, 0.717) is 17.2 Å². The van der Waals surface area contributed by atoms with Gasteiger partial charge in [0.2, 0.25) is 0 Å². The Balaban J connectivity index is 1.66. The molecule has 0 saturated heterocycles. The summed E-state index contributed by atoms with van der Waals surface area (Å²) < 4.78 is 42.3. The number of alkyl halides is 3. The number of hydrogen-bond acceptors (Lipinski definition) is 5. The molecule has 10 heteroatoms. The van der Waals surface area contributed by atoms with Crippen LogP contribution in [0.15, 0.2) is 36.7 Å². The number of Topliss-reactive ketones (excluding diaryl/α,β-unsaturated/α-hetero) is 1. The number of carbonyl (C=O) groups excluding carboxylic acids is 1. The highest BCUT2D eigenvalue weighted by atomic mass is 19.4. The summed E-state index contributed by atoms with van der Waals surface area (Å²) >= 11 is 0. The Bertz CT molecular complexity index is 1350. The number of pyridine rings is 1. The van der Waals surface area contributed by atoms with Crippen LogP contribution in [0.3, 0.4) is 0 Å². The molecule has 1 aliphatic carbocycles. The summed E-state index contributed by atoms with van der Waals surface area (Å²) in [5, 5.41) is 15.6. The Morgan fingerprint density at radius 3 is 2.64 bits per heavy atom. The molecular formula is C23H21F3N6O. The SMILES string of the molecule is CC(=O)c1nc(C(F)(F)F)cc2c(-c3cccc([C@H](c4nncn4C)C4CCC4)c3)n[nH]c12. The lowest BCUT2D eigenvalue weighted by atomic mass is 9.72. The summed E-state index contributed by atoms with van der Waals surface area (Å²) in [6, 6.07) is 8.55. The molecule has 1 aromatic carbocycles. The third kappa shape index (κ3) is 3.69. The van der Waals surface area contributed by atoms with E-state index in [1.54, 1.807) is 12.4 Å². The number of rotatable bonds is 5. The number of aryl methyl sites for hydroxylation is 1. The second-order valence-corrected chi connectivity index (χ2v) is 8.50. The van der Waals surface area contributed by atoms with Gasteiger partial charge in [0.15, 0.2) is 5.78 Å². The Morgan fingerprint density at radius 2 is 2.03 bits per heavy atom. The minimum Gasteiger partial charge on any atom is -0.320 e. The van der Waals surface area contributed by atoms with Crippen LogP contribution < -0.4 is 0 Å². The van der Waals surface area contributed by atoms with Crippen molar-refractivity contribution in [3.63, 3.8) is 0 Å². The summed E-state index contributed by atoms with van der Waals surface area (Å²) in [6.07, 6.45) is 0.297. The third-order valence-electron chi connectivity index (χ3n) is 6.34. The zero-order valence-corrected chi connectivity index (χ0v) is 18.0. The van der Waals surface area contributed by atoms with Gasteiger partial charge in [-0.25, -0.2) is 4.98 Å². The second-order valence-electron chi connectivity index (χ2n) is 8.50. The predicted octanol–water partition coefficient (Wildman–Crippen LogP) is 4.91. The normalized spacial score (nSPS) is 15.5. The van der Waals surface area contributed by atoms with Gasteiger partial charge in [-0.1, -0.05) is 24.6 Å². The largest absolute Gasteiger partial charge is 0.433 e. The molecule has 0 bridgehead atoms. The first-order valence-electron chi connectivity index (χ1n) is 10.7. The van der Waals surface area contributed by atoms with Crippen LogP contribution in [0, 0.1) is 5.92 Å². The van der Waals surface area contributed by atoms with Crippen LogP contribution in [0.4, 0.5) is 13.2 Å². The minimum absolute atomic E-state index is 0.0246. The summed E-state index contributed by atoms with van der Waals surface area (Å²) in [5.74, 6) is 0.731. The van der Waals surface area contributed by atoms with Crippen LogP contribution in [0.25, 0.3) is 22.2 Å². The van der Waals surface area contributed by atoms with Crippen molar-refractivity contribution in [2.24, 2.45) is 13.0 Å². The Labute approximate surface area is 187 Å². The van der Waals surface area contributed by atoms with E-state index in [2.05, 4.69) is 25.4 Å². The number of nitrogens with zero attached hydrogens (tertiary/aromatic N) is 5. The number of halogens is 3. The smallest absolute Gasteiger partial charge is 0.320 e. The molecule has 5 rings (SSSR count). The number of ketones is 1. The van der Waals surface area contributed by atoms with Gasteiger partial charge in [0, 0.05) is 30.8 Å². The number of benzene rings is 1. The molecule has 1 aliphatic rings. The maximum atomic E-state index is 13.5. The highest BCUT2D eigenvalue weighted by Crippen LogP contribution is 2.43. The van der Waals surface area contributed by atoms with E-state index in [-0.39, 0.29) is 22.5 Å². The molecule has 0 spiro atoms. The van der Waals surface area contributed by atoms with Crippen molar-refractivity contribution >= 4 is 16.7 Å². The van der Waals surface area contributed by atoms with E-state index >= 15 is 0 Å². The second kappa shape index (κ2) is 7.79. The Hall–Kier alpha value is -3.56. The van der Waals surface area contributed by atoms with E-state index in [9.17, 15) is 18.0 Å². The average molecular weight is 454 g/mol. The minimum atomic E-state index is -4.69. The number of fused-ring (bicyclic) bond motifs is 1. The van der Waals surface area contributed by atoms with E-state index < -0.39 is 17.7 Å². The number of aromatic nitrogens is 6. The molecule has 0 unspecified atom stereocenters. The van der Waals surface area contributed by atoms with Crippen LogP contribution >= 0.6 is 0 Å². The van der Waals surface area contributed by atoms with Crippen LogP contribution in [0.1, 0.15) is 59.7 Å². The molecule has 7 nitrogen and oxygen atoms in total. The zero-order valence-electron chi connectivity index (χ0n) is 18.0. The molecule has 3 aromatic heterocycles. The molecule has 170 valence electrons. The number of carbonyl (C=O) groups is 1. The van der Waals surface area contributed by atoms with E-state index in [1.807, 2.05) is 29.8 Å². The van der Waals surface area contributed by atoms with Crippen molar-refractivity contribution in [2.75, 3.05) is 0 Å². The van der Waals surface area contributed by atoms with Gasteiger partial charge >= 0.3 is 6.18 Å². The number of hydrogen-bond donors (Lipinski definition) is 1. The fraction of sp³-hybridized carbons (Fsp3) is 0.348. The van der Waals surface area contributed by atoms with Gasteiger partial charge in [-0.05, 0) is 36.5 Å². The molecule has 0 aliphatic heterocycles. The van der Waals surface area contributed by atoms with Crippen LogP contribution in [-0.2, 0) is 13.2 Å². The van der Waals surface area contributed by atoms with Gasteiger partial charge in [0.1, 0.15) is 29.2 Å². The number of H-pyrrole nitrogens is 1. The van der Waals surface area contributed by atoms with Crippen molar-refractivity contribution < 1.29 is 18.0 Å². The lowest BCUT2D eigenvalue weighted by Crippen LogP contribution is -2.24. The van der Waals surface area contributed by atoms with Gasteiger partial charge in [0.25, 0.3) is 0 Å². The summed E-state index contributed by atoms with van der Waals surface area (Å²) in [5.41, 5.74) is 0.791. The highest BCUT2D eigenvalue weighted by Gasteiger charge is 2.35. The van der Waals surface area contributed by atoms with Gasteiger partial charge in [-0.3, -0.25) is 9.89 Å². The Morgan fingerprint density at radius 1 is 1.24 bits per heavy atom.